The highest BCUT2D eigenvalue weighted by Gasteiger charge is 2.27. The smallest absolute Gasteiger partial charge is 0.410 e. The van der Waals surface area contributed by atoms with Crippen molar-refractivity contribution in [3.63, 3.8) is 0 Å². The van der Waals surface area contributed by atoms with E-state index >= 15 is 0 Å². The van der Waals surface area contributed by atoms with Gasteiger partial charge in [0.15, 0.2) is 11.6 Å². The molecule has 1 saturated heterocycles. The Kier molecular flexibility index (Phi) is 10.3. The number of nitriles is 1. The molecule has 0 bridgehead atoms. The second kappa shape index (κ2) is 13.7. The Balaban J connectivity index is 1.52. The molecule has 1 aliphatic heterocycles. The van der Waals surface area contributed by atoms with Gasteiger partial charge in [0.2, 0.25) is 0 Å². The number of amides is 1. The molecule has 236 valence electrons. The number of fused-ring (bicyclic) bond motifs is 1. The number of benzene rings is 2. The van der Waals surface area contributed by atoms with Crippen molar-refractivity contribution in [2.75, 3.05) is 17.4 Å². The Morgan fingerprint density at radius 1 is 1.27 bits per heavy atom. The van der Waals surface area contributed by atoms with Gasteiger partial charge in [-0.15, -0.1) is 0 Å². The molecule has 0 radical (unpaired) electrons. The van der Waals surface area contributed by atoms with E-state index in [1.165, 1.54) is 29.1 Å². The predicted octanol–water partition coefficient (Wildman–Crippen LogP) is 5.64. The Morgan fingerprint density at radius 2 is 1.98 bits per heavy atom. The maximum atomic E-state index is 15.0. The zero-order valence-electron chi connectivity index (χ0n) is 25.5. The number of aryl methyl sites for hydroxylation is 1. The lowest BCUT2D eigenvalue weighted by atomic mass is 9.94. The fourth-order valence-electron chi connectivity index (χ4n) is 5.10. The maximum Gasteiger partial charge on any atom is 0.410 e. The van der Waals surface area contributed by atoms with Crippen LogP contribution >= 0.6 is 0 Å². The molecule has 0 aliphatic carbocycles. The lowest BCUT2D eigenvalue weighted by molar-refractivity contribution is 0.0179. The number of nitrogens with zero attached hydrogens (tertiary/aromatic N) is 5. The molecule has 2 unspecified atom stereocenters. The number of hydrogen-bond donors (Lipinski definition) is 0. The summed E-state index contributed by atoms with van der Waals surface area (Å²) in [6, 6.07) is 8.17. The zero-order valence-corrected chi connectivity index (χ0v) is 26.4. The lowest BCUT2D eigenvalue weighted by Gasteiger charge is -2.33. The van der Waals surface area contributed by atoms with E-state index in [9.17, 15) is 28.0 Å². The Labute approximate surface area is 258 Å². The molecule has 44 heavy (non-hydrogen) atoms. The number of hydrogen-bond acceptors (Lipinski definition) is 8. The minimum Gasteiger partial charge on any atom is -0.755 e. The molecule has 2 aromatic carbocycles. The summed E-state index contributed by atoms with van der Waals surface area (Å²) in [7, 11) is 0. The fourth-order valence-corrected chi connectivity index (χ4v) is 5.86. The highest BCUT2D eigenvalue weighted by molar-refractivity contribution is 7.80. The molecule has 1 aromatic heterocycles. The van der Waals surface area contributed by atoms with Crippen molar-refractivity contribution in [3.05, 3.63) is 58.4 Å². The van der Waals surface area contributed by atoms with E-state index in [4.69, 9.17) is 9.47 Å². The fraction of sp³-hybridized carbons (Fsp3) is 0.484. The molecule has 3 aromatic rings. The van der Waals surface area contributed by atoms with E-state index in [1.54, 1.807) is 24.8 Å². The van der Waals surface area contributed by atoms with Crippen LogP contribution in [0.4, 0.5) is 14.9 Å². The summed E-state index contributed by atoms with van der Waals surface area (Å²) in [5.41, 5.74) is -0.716. The van der Waals surface area contributed by atoms with Crippen LogP contribution in [0.1, 0.15) is 65.9 Å². The topological polar surface area (TPSA) is 141 Å². The van der Waals surface area contributed by atoms with Crippen molar-refractivity contribution in [3.8, 4) is 17.6 Å². The summed E-state index contributed by atoms with van der Waals surface area (Å²) in [5.74, 6) is -0.879. The van der Waals surface area contributed by atoms with Crippen LogP contribution in [0, 0.1) is 23.1 Å². The molecule has 4 rings (SSSR count). The molecule has 11 nitrogen and oxygen atoms in total. The largest absolute Gasteiger partial charge is 0.755 e. The van der Waals surface area contributed by atoms with Gasteiger partial charge in [0.25, 0.3) is 5.56 Å². The van der Waals surface area contributed by atoms with Crippen LogP contribution in [0.2, 0.25) is 0 Å². The average molecular weight is 627 g/mol. The van der Waals surface area contributed by atoms with Crippen LogP contribution in [0.3, 0.4) is 0 Å². The maximum absolute atomic E-state index is 15.0. The normalized spacial score (nSPS) is 15.5. The molecular formula is C31H37FN5O6S-. The van der Waals surface area contributed by atoms with Gasteiger partial charge in [-0.1, -0.05) is 6.92 Å². The number of aromatic nitrogens is 2. The summed E-state index contributed by atoms with van der Waals surface area (Å²) >= 11 is -2.72. The van der Waals surface area contributed by atoms with E-state index in [0.717, 1.165) is 29.6 Å². The summed E-state index contributed by atoms with van der Waals surface area (Å²) in [6.45, 7) is 10.6. The highest BCUT2D eigenvalue weighted by atomic mass is 32.2. The van der Waals surface area contributed by atoms with Gasteiger partial charge in [0.05, 0.1) is 22.9 Å². The van der Waals surface area contributed by atoms with Crippen LogP contribution < -0.4 is 14.6 Å². The molecule has 13 heteroatoms. The van der Waals surface area contributed by atoms with Gasteiger partial charge in [-0.05, 0) is 89.6 Å². The van der Waals surface area contributed by atoms with Crippen molar-refractivity contribution >= 4 is 34.0 Å². The molecule has 0 saturated carbocycles. The lowest BCUT2D eigenvalue weighted by Crippen LogP contribution is -2.41. The van der Waals surface area contributed by atoms with Gasteiger partial charge in [0, 0.05) is 36.9 Å². The molecule has 2 atom stereocenters. The Morgan fingerprint density at radius 3 is 2.59 bits per heavy atom. The minimum atomic E-state index is -2.72. The number of ether oxygens (including phenoxy) is 2. The first-order valence-electron chi connectivity index (χ1n) is 14.6. The minimum absolute atomic E-state index is 0.00618. The Bertz CT molecular complexity index is 1640. The number of anilines is 1. The predicted molar refractivity (Wildman–Crippen MR) is 163 cm³/mol. The van der Waals surface area contributed by atoms with E-state index in [-0.39, 0.29) is 34.0 Å². The third-order valence-electron chi connectivity index (χ3n) is 7.65. The van der Waals surface area contributed by atoms with Crippen molar-refractivity contribution in [1.29, 1.82) is 5.26 Å². The van der Waals surface area contributed by atoms with Crippen molar-refractivity contribution in [2.24, 2.45) is 5.92 Å². The van der Waals surface area contributed by atoms with Gasteiger partial charge in [-0.2, -0.15) is 5.26 Å². The van der Waals surface area contributed by atoms with Crippen molar-refractivity contribution in [2.45, 2.75) is 78.5 Å². The zero-order chi connectivity index (χ0) is 32.2. The standard InChI is InChI=1S/C31H38FN5O6S/c1-6-20(2)37(44(40)41)27-10-8-25(32)28(24(27)18-33)42-22-7-9-26-23(17-22)29(38)36(19-34-26)16-13-21-11-14-35(15-12-21)30(39)43-31(3,4)5/h7-10,17,19-21H,6,11-16H2,1-5H3,(H,40,41)/p-1. The molecule has 1 fully saturated rings. The van der Waals surface area contributed by atoms with E-state index in [0.29, 0.717) is 37.5 Å². The first-order chi connectivity index (χ1) is 20.8. The third kappa shape index (κ3) is 7.54. The van der Waals surface area contributed by atoms with Crippen LogP contribution in [-0.2, 0) is 22.5 Å². The van der Waals surface area contributed by atoms with E-state index in [2.05, 4.69) is 4.98 Å². The van der Waals surface area contributed by atoms with Gasteiger partial charge in [0.1, 0.15) is 23.0 Å². The van der Waals surface area contributed by atoms with Gasteiger partial charge in [-0.3, -0.25) is 17.9 Å². The molecular weight excluding hydrogens is 589 g/mol. The Hall–Kier alpha value is -4.02. The molecule has 1 aliphatic rings. The van der Waals surface area contributed by atoms with Gasteiger partial charge in [-0.25, -0.2) is 14.2 Å². The molecule has 2 heterocycles. The van der Waals surface area contributed by atoms with Crippen LogP contribution in [0.15, 0.2) is 41.5 Å². The first-order valence-corrected chi connectivity index (χ1v) is 15.6. The summed E-state index contributed by atoms with van der Waals surface area (Å²) in [5, 5.41) is 10.1. The van der Waals surface area contributed by atoms with Crippen LogP contribution in [0.25, 0.3) is 10.9 Å². The van der Waals surface area contributed by atoms with Crippen LogP contribution in [-0.4, -0.2) is 54.0 Å². The monoisotopic (exact) mass is 626 g/mol. The van der Waals surface area contributed by atoms with Crippen molar-refractivity contribution in [1.82, 2.24) is 14.5 Å². The molecule has 1 amide bonds. The highest BCUT2D eigenvalue weighted by Crippen LogP contribution is 2.36. The third-order valence-corrected chi connectivity index (χ3v) is 8.53. The summed E-state index contributed by atoms with van der Waals surface area (Å²) < 4.78 is 52.7. The van der Waals surface area contributed by atoms with E-state index in [1.807, 2.05) is 26.8 Å². The number of piperidine rings is 1. The quantitative estimate of drug-likeness (QED) is 0.278. The number of halogens is 1. The molecule has 0 spiro atoms. The van der Waals surface area contributed by atoms with Gasteiger partial charge < -0.3 is 18.9 Å². The average Bonchev–Trinajstić information content (AvgIpc) is 2.98. The van der Waals surface area contributed by atoms with E-state index < -0.39 is 34.5 Å². The first kappa shape index (κ1) is 32.9. The number of carbonyl (C=O) groups is 1. The summed E-state index contributed by atoms with van der Waals surface area (Å²) in [4.78, 5) is 31.9. The number of rotatable bonds is 9. The number of carbonyl (C=O) groups excluding carboxylic acids is 1. The summed E-state index contributed by atoms with van der Waals surface area (Å²) in [6.07, 6.45) is 3.96. The van der Waals surface area contributed by atoms with Gasteiger partial charge >= 0.3 is 6.09 Å². The second-order valence-corrected chi connectivity index (χ2v) is 12.7. The van der Waals surface area contributed by atoms with Crippen LogP contribution in [0.5, 0.6) is 11.5 Å². The number of likely N-dealkylation sites (tertiary alicyclic amines) is 1. The molecule has 0 N–H and O–H groups in total. The second-order valence-electron chi connectivity index (χ2n) is 11.9. The van der Waals surface area contributed by atoms with Crippen molar-refractivity contribution < 1.29 is 27.4 Å². The SMILES string of the molecule is CCC(C)N(c1ccc(F)c(Oc2ccc3ncn(CCC4CCN(C(=O)OC(C)(C)C)CC4)c(=O)c3c2)c1C#N)S(=O)[O-].